The first-order chi connectivity index (χ1) is 13.1. The molecule has 3 rings (SSSR count). The lowest BCUT2D eigenvalue weighted by Gasteiger charge is -2.30. The number of anilines is 1. The zero-order chi connectivity index (χ0) is 19.1. The van der Waals surface area contributed by atoms with Gasteiger partial charge in [-0.05, 0) is 36.8 Å². The second kappa shape index (κ2) is 9.78. The van der Waals surface area contributed by atoms with E-state index in [0.29, 0.717) is 17.2 Å². The summed E-state index contributed by atoms with van der Waals surface area (Å²) in [5.41, 5.74) is 2.77. The number of nitrogens with one attached hydrogen (secondary N) is 2. The van der Waals surface area contributed by atoms with E-state index in [2.05, 4.69) is 10.2 Å². The van der Waals surface area contributed by atoms with Crippen LogP contribution >= 0.6 is 12.2 Å². The molecule has 0 bridgehead atoms. The molecule has 0 atom stereocenters. The van der Waals surface area contributed by atoms with Crippen LogP contribution in [0.1, 0.15) is 11.1 Å². The minimum Gasteiger partial charge on any atom is -0.370 e. The molecule has 1 aliphatic heterocycles. The Balaban J connectivity index is 1.70. The summed E-state index contributed by atoms with van der Waals surface area (Å²) in [4.78, 5) is 3.56. The number of benzene rings is 2. The number of thiocarbonyl (C=S) groups is 1. The molecule has 0 amide bonds. The zero-order valence-electron chi connectivity index (χ0n) is 15.7. The van der Waals surface area contributed by atoms with Crippen molar-refractivity contribution in [1.82, 2.24) is 4.90 Å². The van der Waals surface area contributed by atoms with Crippen molar-refractivity contribution in [3.8, 4) is 0 Å². The average molecular weight is 389 g/mol. The Hall–Kier alpha value is -2.02. The third-order valence-corrected chi connectivity index (χ3v) is 5.29. The smallest absolute Gasteiger partial charge is 0.173 e. The molecule has 1 saturated heterocycles. The molecule has 144 valence electrons. The van der Waals surface area contributed by atoms with Gasteiger partial charge in [0.25, 0.3) is 0 Å². The van der Waals surface area contributed by atoms with Gasteiger partial charge in [0.05, 0.1) is 26.3 Å². The van der Waals surface area contributed by atoms with Crippen LogP contribution in [0.4, 0.5) is 10.1 Å². The first kappa shape index (κ1) is 19.7. The number of para-hydroxylation sites is 1. The molecule has 2 aromatic carbocycles. The fourth-order valence-electron chi connectivity index (χ4n) is 3.20. The molecule has 0 spiro atoms. The molecule has 1 fully saturated rings. The third-order valence-electron chi connectivity index (χ3n) is 4.93. The van der Waals surface area contributed by atoms with Crippen LogP contribution in [0.5, 0.6) is 0 Å². The van der Waals surface area contributed by atoms with Gasteiger partial charge in [-0.15, -0.1) is 0 Å². The lowest BCUT2D eigenvalue weighted by atomic mass is 10.2. The van der Waals surface area contributed by atoms with Crippen LogP contribution in [0.3, 0.4) is 0 Å². The van der Waals surface area contributed by atoms with E-state index in [1.54, 1.807) is 6.07 Å². The molecule has 1 heterocycles. The minimum atomic E-state index is -0.195. The second-order valence-electron chi connectivity index (χ2n) is 6.87. The molecule has 2 aromatic rings. The highest BCUT2D eigenvalue weighted by atomic mass is 32.1. The van der Waals surface area contributed by atoms with Gasteiger partial charge in [0.15, 0.2) is 5.11 Å². The second-order valence-corrected chi connectivity index (χ2v) is 7.26. The first-order valence-corrected chi connectivity index (χ1v) is 9.80. The van der Waals surface area contributed by atoms with E-state index in [1.807, 2.05) is 43.3 Å². The summed E-state index contributed by atoms with van der Waals surface area (Å²) in [6, 6.07) is 14.9. The third kappa shape index (κ3) is 5.73. The van der Waals surface area contributed by atoms with Gasteiger partial charge in [-0.2, -0.15) is 0 Å². The molecule has 2 N–H and O–H groups in total. The van der Waals surface area contributed by atoms with Crippen molar-refractivity contribution in [3.63, 3.8) is 0 Å². The standard InChI is InChI=1S/C21H26FN3OS/c1-17-6-2-5-9-20(17)23-21(27)25(11-10-24-12-14-26-15-13-24)16-18-7-3-4-8-19(18)22/h2-9H,10-16H2,1H3,(H,23,27)/p+1. The minimum absolute atomic E-state index is 0.195. The Bertz CT molecular complexity index is 765. The van der Waals surface area contributed by atoms with Crippen LogP contribution in [0, 0.1) is 12.7 Å². The van der Waals surface area contributed by atoms with Crippen molar-refractivity contribution in [2.45, 2.75) is 13.5 Å². The highest BCUT2D eigenvalue weighted by Gasteiger charge is 2.18. The number of nitrogens with zero attached hydrogens (tertiary/aromatic N) is 1. The van der Waals surface area contributed by atoms with Gasteiger partial charge in [0.2, 0.25) is 0 Å². The Morgan fingerprint density at radius 1 is 1.15 bits per heavy atom. The van der Waals surface area contributed by atoms with Crippen molar-refractivity contribution >= 4 is 23.0 Å². The Morgan fingerprint density at radius 3 is 2.59 bits per heavy atom. The topological polar surface area (TPSA) is 28.9 Å². The van der Waals surface area contributed by atoms with Crippen LogP contribution in [0.15, 0.2) is 48.5 Å². The van der Waals surface area contributed by atoms with Gasteiger partial charge in [-0.1, -0.05) is 36.4 Å². The molecule has 1 aliphatic rings. The lowest BCUT2D eigenvalue weighted by molar-refractivity contribution is -0.907. The maximum atomic E-state index is 14.2. The lowest BCUT2D eigenvalue weighted by Crippen LogP contribution is -3.14. The van der Waals surface area contributed by atoms with Gasteiger partial charge >= 0.3 is 0 Å². The highest BCUT2D eigenvalue weighted by molar-refractivity contribution is 7.80. The molecule has 6 heteroatoms. The van der Waals surface area contributed by atoms with E-state index in [0.717, 1.165) is 50.6 Å². The summed E-state index contributed by atoms with van der Waals surface area (Å²) in [7, 11) is 0. The van der Waals surface area contributed by atoms with Crippen LogP contribution in [0.25, 0.3) is 0 Å². The monoisotopic (exact) mass is 388 g/mol. The molecule has 4 nitrogen and oxygen atoms in total. The summed E-state index contributed by atoms with van der Waals surface area (Å²) in [6.07, 6.45) is 0. The number of halogens is 1. The average Bonchev–Trinajstić information content (AvgIpc) is 2.69. The van der Waals surface area contributed by atoms with E-state index in [4.69, 9.17) is 17.0 Å². The molecule has 0 unspecified atom stereocenters. The predicted octanol–water partition coefficient (Wildman–Crippen LogP) is 2.25. The number of hydrogen-bond donors (Lipinski definition) is 2. The molecule has 0 aromatic heterocycles. The van der Waals surface area contributed by atoms with Crippen LogP contribution in [-0.4, -0.2) is 49.4 Å². The van der Waals surface area contributed by atoms with E-state index in [1.165, 1.54) is 11.0 Å². The van der Waals surface area contributed by atoms with Crippen molar-refractivity contribution in [2.75, 3.05) is 44.7 Å². The van der Waals surface area contributed by atoms with Gasteiger partial charge < -0.3 is 19.9 Å². The van der Waals surface area contributed by atoms with Crippen LogP contribution in [0.2, 0.25) is 0 Å². The summed E-state index contributed by atoms with van der Waals surface area (Å²) < 4.78 is 19.6. The van der Waals surface area contributed by atoms with Crippen molar-refractivity contribution in [2.24, 2.45) is 0 Å². The predicted molar refractivity (Wildman–Crippen MR) is 111 cm³/mol. The number of morpholine rings is 1. The van der Waals surface area contributed by atoms with E-state index < -0.39 is 0 Å². The van der Waals surface area contributed by atoms with Crippen molar-refractivity contribution in [3.05, 3.63) is 65.5 Å². The van der Waals surface area contributed by atoms with Crippen LogP contribution in [-0.2, 0) is 11.3 Å². The zero-order valence-corrected chi connectivity index (χ0v) is 16.5. The van der Waals surface area contributed by atoms with E-state index in [-0.39, 0.29) is 5.82 Å². The highest BCUT2D eigenvalue weighted by Crippen LogP contribution is 2.16. The summed E-state index contributed by atoms with van der Waals surface area (Å²) in [5, 5.41) is 3.96. The Labute approximate surface area is 165 Å². The van der Waals surface area contributed by atoms with Gasteiger partial charge in [0, 0.05) is 17.8 Å². The fourth-order valence-corrected chi connectivity index (χ4v) is 3.46. The molecule has 0 radical (unpaired) electrons. The molecular weight excluding hydrogens is 361 g/mol. The van der Waals surface area contributed by atoms with Gasteiger partial charge in [0.1, 0.15) is 18.9 Å². The number of rotatable bonds is 6. The van der Waals surface area contributed by atoms with E-state index >= 15 is 0 Å². The molecule has 0 aliphatic carbocycles. The van der Waals surface area contributed by atoms with Crippen LogP contribution < -0.4 is 10.2 Å². The SMILES string of the molecule is Cc1ccccc1NC(=S)N(CC[NH+]1CCOCC1)Cc1ccccc1F. The normalized spacial score (nSPS) is 14.7. The van der Waals surface area contributed by atoms with Gasteiger partial charge in [-0.3, -0.25) is 0 Å². The Morgan fingerprint density at radius 2 is 1.85 bits per heavy atom. The van der Waals surface area contributed by atoms with Gasteiger partial charge in [-0.25, -0.2) is 4.39 Å². The number of ether oxygens (including phenoxy) is 1. The van der Waals surface area contributed by atoms with Crippen molar-refractivity contribution in [1.29, 1.82) is 0 Å². The summed E-state index contributed by atoms with van der Waals surface area (Å²) in [5.74, 6) is -0.195. The quantitative estimate of drug-likeness (QED) is 0.743. The fraction of sp³-hybridized carbons (Fsp3) is 0.381. The Kier molecular flexibility index (Phi) is 7.15. The molecular formula is C21H27FN3OS+. The maximum Gasteiger partial charge on any atom is 0.173 e. The summed E-state index contributed by atoms with van der Waals surface area (Å²) >= 11 is 5.68. The number of aryl methyl sites for hydroxylation is 1. The first-order valence-electron chi connectivity index (χ1n) is 9.40. The maximum absolute atomic E-state index is 14.2. The summed E-state index contributed by atoms with van der Waals surface area (Å²) in [6.45, 7) is 7.83. The number of hydrogen-bond acceptors (Lipinski definition) is 2. The largest absolute Gasteiger partial charge is 0.370 e. The van der Waals surface area contributed by atoms with E-state index in [9.17, 15) is 4.39 Å². The molecule has 27 heavy (non-hydrogen) atoms. The van der Waals surface area contributed by atoms with Crippen molar-refractivity contribution < 1.29 is 14.0 Å². The number of quaternary nitrogens is 1. The molecule has 0 saturated carbocycles.